The van der Waals surface area contributed by atoms with Gasteiger partial charge in [0.05, 0.1) is 16.7 Å². The van der Waals surface area contributed by atoms with Crippen LogP contribution in [0.2, 0.25) is 0 Å². The van der Waals surface area contributed by atoms with Crippen LogP contribution in [0, 0.1) is 21.4 Å². The number of halogens is 1. The molecule has 104 valence electrons. The predicted octanol–water partition coefficient (Wildman–Crippen LogP) is 3.24. The van der Waals surface area contributed by atoms with Crippen LogP contribution >= 0.6 is 15.9 Å². The monoisotopic (exact) mass is 345 g/mol. The number of nitrogens with zero attached hydrogens (tertiary/aromatic N) is 3. The van der Waals surface area contributed by atoms with Crippen LogP contribution in [0.5, 0.6) is 0 Å². The van der Waals surface area contributed by atoms with Gasteiger partial charge in [-0.3, -0.25) is 19.9 Å². The highest BCUT2D eigenvalue weighted by atomic mass is 79.9. The Hall–Kier alpha value is -2.59. The molecule has 0 spiro atoms. The first-order valence-electron chi connectivity index (χ1n) is 5.82. The number of rotatable bonds is 4. The molecule has 0 radical (unpaired) electrons. The molecule has 0 aliphatic rings. The second kappa shape index (κ2) is 6.24. The molecule has 1 aromatic carbocycles. The van der Waals surface area contributed by atoms with E-state index in [0.717, 1.165) is 6.07 Å². The summed E-state index contributed by atoms with van der Waals surface area (Å²) in [6.07, 6.45) is 1.48. The summed E-state index contributed by atoms with van der Waals surface area (Å²) >= 11 is 3.12. The fraction of sp³-hybridized carbons (Fsp3) is 0.0714. The Kier molecular flexibility index (Phi) is 4.40. The third-order valence-corrected chi connectivity index (χ3v) is 3.21. The van der Waals surface area contributed by atoms with E-state index >= 15 is 0 Å². The zero-order chi connectivity index (χ0) is 15.4. The summed E-state index contributed by atoms with van der Waals surface area (Å²) in [5, 5.41) is 20.0. The molecule has 0 aliphatic carbocycles. The summed E-state index contributed by atoms with van der Waals surface area (Å²) in [7, 11) is 0. The maximum absolute atomic E-state index is 12.4. The van der Waals surface area contributed by atoms with Crippen LogP contribution in [0.25, 0.3) is 0 Å². The van der Waals surface area contributed by atoms with Crippen LogP contribution < -0.4 is 0 Å². The summed E-state index contributed by atoms with van der Waals surface area (Å²) < 4.78 is 0.401. The quantitative estimate of drug-likeness (QED) is 0.481. The Bertz CT molecular complexity index is 741. The van der Waals surface area contributed by atoms with Crippen molar-refractivity contribution in [3.8, 4) is 6.07 Å². The van der Waals surface area contributed by atoms with Crippen molar-refractivity contribution in [3.05, 3.63) is 68.4 Å². The average molecular weight is 346 g/mol. The van der Waals surface area contributed by atoms with Gasteiger partial charge in [-0.1, -0.05) is 22.0 Å². The highest BCUT2D eigenvalue weighted by Gasteiger charge is 2.24. The number of carbonyl (C=O) groups excluding carboxylic acids is 1. The van der Waals surface area contributed by atoms with Gasteiger partial charge in [0.15, 0.2) is 11.7 Å². The van der Waals surface area contributed by atoms with Crippen LogP contribution in [0.15, 0.2) is 47.1 Å². The second-order valence-electron chi connectivity index (χ2n) is 4.14. The number of carbonyl (C=O) groups is 1. The standard InChI is InChI=1S/C14H8BrN3O3/c15-10-5-9(6-11(7-10)18(20)21)14(19)12(8-16)13-3-1-2-4-17-13/h1-7,12H. The zero-order valence-electron chi connectivity index (χ0n) is 10.6. The third-order valence-electron chi connectivity index (χ3n) is 2.75. The van der Waals surface area contributed by atoms with E-state index < -0.39 is 16.6 Å². The summed E-state index contributed by atoms with van der Waals surface area (Å²) in [6.45, 7) is 0. The van der Waals surface area contributed by atoms with E-state index in [2.05, 4.69) is 20.9 Å². The van der Waals surface area contributed by atoms with Gasteiger partial charge in [-0.15, -0.1) is 0 Å². The van der Waals surface area contributed by atoms with E-state index in [-0.39, 0.29) is 11.3 Å². The van der Waals surface area contributed by atoms with Crippen LogP contribution in [-0.4, -0.2) is 15.7 Å². The SMILES string of the molecule is N#CC(C(=O)c1cc(Br)cc([N+](=O)[O-])c1)c1ccccn1. The Balaban J connectivity index is 2.44. The molecule has 0 N–H and O–H groups in total. The van der Waals surface area contributed by atoms with E-state index in [1.165, 1.54) is 18.3 Å². The van der Waals surface area contributed by atoms with E-state index in [4.69, 9.17) is 0 Å². The third kappa shape index (κ3) is 3.30. The smallest absolute Gasteiger partial charge is 0.271 e. The lowest BCUT2D eigenvalue weighted by molar-refractivity contribution is -0.385. The van der Waals surface area contributed by atoms with Crippen molar-refractivity contribution >= 4 is 27.4 Å². The lowest BCUT2D eigenvalue weighted by Crippen LogP contribution is -2.13. The summed E-state index contributed by atoms with van der Waals surface area (Å²) in [4.78, 5) is 26.6. The van der Waals surface area contributed by atoms with Gasteiger partial charge in [-0.25, -0.2) is 0 Å². The molecule has 21 heavy (non-hydrogen) atoms. The number of nitro benzene ring substituents is 1. The van der Waals surface area contributed by atoms with Crippen molar-refractivity contribution in [2.75, 3.05) is 0 Å². The number of pyridine rings is 1. The number of hydrogen-bond acceptors (Lipinski definition) is 5. The van der Waals surface area contributed by atoms with Crippen LogP contribution in [0.3, 0.4) is 0 Å². The molecule has 2 aromatic rings. The van der Waals surface area contributed by atoms with Gasteiger partial charge in [-0.2, -0.15) is 5.26 Å². The molecular weight excluding hydrogens is 338 g/mol. The number of nitriles is 1. The number of hydrogen-bond donors (Lipinski definition) is 0. The number of benzene rings is 1. The van der Waals surface area contributed by atoms with Gasteiger partial charge >= 0.3 is 0 Å². The average Bonchev–Trinajstić information content (AvgIpc) is 2.48. The molecule has 0 aliphatic heterocycles. The topological polar surface area (TPSA) is 96.9 Å². The van der Waals surface area contributed by atoms with Gasteiger partial charge in [0.1, 0.15) is 0 Å². The molecule has 2 rings (SSSR count). The van der Waals surface area contributed by atoms with E-state index in [1.807, 2.05) is 6.07 Å². The molecule has 1 aromatic heterocycles. The van der Waals surface area contributed by atoms with Gasteiger partial charge in [0.2, 0.25) is 0 Å². The predicted molar refractivity (Wildman–Crippen MR) is 77.7 cm³/mol. The minimum absolute atomic E-state index is 0.0910. The minimum atomic E-state index is -1.10. The fourth-order valence-corrected chi connectivity index (χ4v) is 2.28. The Morgan fingerprint density at radius 1 is 1.38 bits per heavy atom. The molecule has 0 fully saturated rings. The first kappa shape index (κ1) is 14.8. The second-order valence-corrected chi connectivity index (χ2v) is 5.05. The van der Waals surface area contributed by atoms with Crippen molar-refractivity contribution < 1.29 is 9.72 Å². The first-order valence-corrected chi connectivity index (χ1v) is 6.62. The Morgan fingerprint density at radius 2 is 2.14 bits per heavy atom. The number of non-ortho nitro benzene ring substituents is 1. The maximum atomic E-state index is 12.4. The molecule has 7 heteroatoms. The molecular formula is C14H8BrN3O3. The minimum Gasteiger partial charge on any atom is -0.292 e. The van der Waals surface area contributed by atoms with Gasteiger partial charge in [-0.05, 0) is 18.2 Å². The lowest BCUT2D eigenvalue weighted by atomic mass is 9.95. The van der Waals surface area contributed by atoms with E-state index in [1.54, 1.807) is 18.2 Å². The summed E-state index contributed by atoms with van der Waals surface area (Å²) in [6, 6.07) is 10.7. The molecule has 1 unspecified atom stereocenters. The van der Waals surface area contributed by atoms with Crippen molar-refractivity contribution in [2.24, 2.45) is 0 Å². The Labute approximate surface area is 128 Å². The largest absolute Gasteiger partial charge is 0.292 e. The van der Waals surface area contributed by atoms with Crippen molar-refractivity contribution in [2.45, 2.75) is 5.92 Å². The lowest BCUT2D eigenvalue weighted by Gasteiger charge is -2.08. The summed E-state index contributed by atoms with van der Waals surface area (Å²) in [5.74, 6) is -1.62. The van der Waals surface area contributed by atoms with Gasteiger partial charge in [0.25, 0.3) is 5.69 Å². The molecule has 0 saturated heterocycles. The number of aromatic nitrogens is 1. The fourth-order valence-electron chi connectivity index (χ4n) is 1.79. The summed E-state index contributed by atoms with van der Waals surface area (Å²) in [5.41, 5.74) is 0.186. The number of Topliss-reactive ketones (excluding diaryl/α,β-unsaturated/α-hetero) is 1. The van der Waals surface area contributed by atoms with Crippen molar-refractivity contribution in [3.63, 3.8) is 0 Å². The zero-order valence-corrected chi connectivity index (χ0v) is 12.1. The molecule has 1 atom stereocenters. The molecule has 6 nitrogen and oxygen atoms in total. The van der Waals surface area contributed by atoms with E-state index in [9.17, 15) is 20.2 Å². The molecule has 0 amide bonds. The van der Waals surface area contributed by atoms with Crippen LogP contribution in [0.4, 0.5) is 5.69 Å². The number of ketones is 1. The molecule has 0 saturated carbocycles. The number of nitro groups is 1. The Morgan fingerprint density at radius 3 is 2.71 bits per heavy atom. The highest BCUT2D eigenvalue weighted by Crippen LogP contribution is 2.25. The van der Waals surface area contributed by atoms with Crippen LogP contribution in [0.1, 0.15) is 22.0 Å². The first-order chi connectivity index (χ1) is 10.0. The normalized spacial score (nSPS) is 11.4. The van der Waals surface area contributed by atoms with E-state index in [0.29, 0.717) is 10.2 Å². The molecule has 1 heterocycles. The van der Waals surface area contributed by atoms with Crippen LogP contribution in [-0.2, 0) is 0 Å². The maximum Gasteiger partial charge on any atom is 0.271 e. The van der Waals surface area contributed by atoms with Gasteiger partial charge in [0, 0.05) is 28.4 Å². The molecule has 0 bridgehead atoms. The highest BCUT2D eigenvalue weighted by molar-refractivity contribution is 9.10. The van der Waals surface area contributed by atoms with Crippen molar-refractivity contribution in [1.82, 2.24) is 4.98 Å². The van der Waals surface area contributed by atoms with Gasteiger partial charge < -0.3 is 0 Å². The van der Waals surface area contributed by atoms with Crippen molar-refractivity contribution in [1.29, 1.82) is 5.26 Å².